The van der Waals surface area contributed by atoms with Crippen molar-refractivity contribution in [3.05, 3.63) is 54.4 Å². The number of hydrogen-bond acceptors (Lipinski definition) is 4. The highest BCUT2D eigenvalue weighted by Crippen LogP contribution is 2.16. The molecule has 0 atom stereocenters. The molecule has 3 rings (SSSR count). The van der Waals surface area contributed by atoms with E-state index in [-0.39, 0.29) is 12.1 Å². The second-order valence-corrected chi connectivity index (χ2v) is 5.66. The van der Waals surface area contributed by atoms with E-state index in [0.717, 1.165) is 23.5 Å². The Kier molecular flexibility index (Phi) is 5.15. The summed E-state index contributed by atoms with van der Waals surface area (Å²) in [5.41, 5.74) is 1.16. The van der Waals surface area contributed by atoms with E-state index in [9.17, 15) is 4.79 Å². The van der Waals surface area contributed by atoms with E-state index in [4.69, 9.17) is 9.47 Å². The van der Waals surface area contributed by atoms with Gasteiger partial charge in [-0.1, -0.05) is 12.1 Å². The predicted octanol–water partition coefficient (Wildman–Crippen LogP) is 2.11. The lowest BCUT2D eigenvalue weighted by Crippen LogP contribution is -2.59. The molecule has 2 amide bonds. The molecule has 0 bridgehead atoms. The average molecular weight is 327 g/mol. The topological polar surface area (TPSA) is 63.7 Å². The number of methoxy groups -OCH3 is 1. The summed E-state index contributed by atoms with van der Waals surface area (Å²) in [7, 11) is 1.65. The molecule has 0 saturated carbocycles. The van der Waals surface area contributed by atoms with Crippen LogP contribution in [0.1, 0.15) is 5.56 Å². The first-order valence-electron chi connectivity index (χ1n) is 7.97. The monoisotopic (exact) mass is 327 g/mol. The van der Waals surface area contributed by atoms with Crippen LogP contribution in [0.3, 0.4) is 0 Å². The highest BCUT2D eigenvalue weighted by molar-refractivity contribution is 5.75. The highest BCUT2D eigenvalue weighted by Gasteiger charge is 2.32. The lowest BCUT2D eigenvalue weighted by atomic mass is 10.1. The number of nitrogens with zero attached hydrogens (tertiary/aromatic N) is 2. The quantitative estimate of drug-likeness (QED) is 0.882. The highest BCUT2D eigenvalue weighted by atomic mass is 16.5. The van der Waals surface area contributed by atoms with Gasteiger partial charge in [0.05, 0.1) is 26.4 Å². The lowest BCUT2D eigenvalue weighted by molar-refractivity contribution is 0.0443. The number of hydrogen-bond donors (Lipinski definition) is 1. The van der Waals surface area contributed by atoms with Gasteiger partial charge in [-0.2, -0.15) is 0 Å². The number of aromatic nitrogens is 1. The summed E-state index contributed by atoms with van der Waals surface area (Å²) in [6, 6.07) is 11.5. The third kappa shape index (κ3) is 4.16. The molecule has 6 heteroatoms. The van der Waals surface area contributed by atoms with Gasteiger partial charge in [-0.25, -0.2) is 4.79 Å². The summed E-state index contributed by atoms with van der Waals surface area (Å²) in [4.78, 5) is 17.8. The van der Waals surface area contributed by atoms with Crippen LogP contribution in [0.4, 0.5) is 4.79 Å². The molecular weight excluding hydrogens is 306 g/mol. The molecule has 1 fully saturated rings. The van der Waals surface area contributed by atoms with E-state index >= 15 is 0 Å². The lowest BCUT2D eigenvalue weighted by Gasteiger charge is -2.38. The number of amides is 2. The molecule has 1 aromatic carbocycles. The van der Waals surface area contributed by atoms with Gasteiger partial charge in [-0.15, -0.1) is 0 Å². The van der Waals surface area contributed by atoms with Crippen molar-refractivity contribution in [2.24, 2.45) is 0 Å². The second kappa shape index (κ2) is 7.68. The molecular formula is C18H21N3O3. The zero-order valence-electron chi connectivity index (χ0n) is 13.6. The third-order valence-electron chi connectivity index (χ3n) is 3.92. The van der Waals surface area contributed by atoms with Gasteiger partial charge in [0.25, 0.3) is 0 Å². The van der Waals surface area contributed by atoms with Crippen LogP contribution >= 0.6 is 0 Å². The molecule has 1 aliphatic rings. The molecule has 2 heterocycles. The SMILES string of the molecule is COc1ccc(CCNC(=O)N2CC(Oc3cccnc3)C2)cc1. The van der Waals surface area contributed by atoms with Crippen LogP contribution in [0.2, 0.25) is 0 Å². The van der Waals surface area contributed by atoms with Gasteiger partial charge in [0.15, 0.2) is 0 Å². The van der Waals surface area contributed by atoms with Crippen LogP contribution in [0, 0.1) is 0 Å². The largest absolute Gasteiger partial charge is 0.497 e. The number of nitrogens with one attached hydrogen (secondary N) is 1. The zero-order chi connectivity index (χ0) is 16.8. The van der Waals surface area contributed by atoms with Crippen LogP contribution in [-0.2, 0) is 6.42 Å². The van der Waals surface area contributed by atoms with Crippen molar-refractivity contribution in [2.45, 2.75) is 12.5 Å². The van der Waals surface area contributed by atoms with Crippen LogP contribution in [0.5, 0.6) is 11.5 Å². The fourth-order valence-electron chi connectivity index (χ4n) is 2.51. The summed E-state index contributed by atoms with van der Waals surface area (Å²) in [5, 5.41) is 2.93. The molecule has 1 aliphatic heterocycles. The zero-order valence-corrected chi connectivity index (χ0v) is 13.6. The Morgan fingerprint density at radius 2 is 2.04 bits per heavy atom. The summed E-state index contributed by atoms with van der Waals surface area (Å²) in [5.74, 6) is 1.57. The molecule has 2 aromatic rings. The van der Waals surface area contributed by atoms with E-state index in [2.05, 4.69) is 10.3 Å². The van der Waals surface area contributed by atoms with Gasteiger partial charge in [-0.3, -0.25) is 4.98 Å². The maximum absolute atomic E-state index is 12.0. The van der Waals surface area contributed by atoms with Crippen LogP contribution in [0.15, 0.2) is 48.8 Å². The van der Waals surface area contributed by atoms with E-state index < -0.39 is 0 Å². The average Bonchev–Trinajstić information content (AvgIpc) is 2.59. The molecule has 1 N–H and O–H groups in total. The van der Waals surface area contributed by atoms with Gasteiger partial charge >= 0.3 is 6.03 Å². The van der Waals surface area contributed by atoms with E-state index in [0.29, 0.717) is 19.6 Å². The first-order chi connectivity index (χ1) is 11.7. The van der Waals surface area contributed by atoms with E-state index in [1.165, 1.54) is 0 Å². The number of ether oxygens (including phenoxy) is 2. The fourth-order valence-corrected chi connectivity index (χ4v) is 2.51. The maximum atomic E-state index is 12.0. The number of rotatable bonds is 6. The van der Waals surface area contributed by atoms with Crippen molar-refractivity contribution in [3.63, 3.8) is 0 Å². The smallest absolute Gasteiger partial charge is 0.317 e. The minimum atomic E-state index is -0.0467. The van der Waals surface area contributed by atoms with Crippen molar-refractivity contribution in [2.75, 3.05) is 26.7 Å². The van der Waals surface area contributed by atoms with Crippen molar-refractivity contribution in [1.82, 2.24) is 15.2 Å². The number of urea groups is 1. The Bertz CT molecular complexity index is 655. The third-order valence-corrected chi connectivity index (χ3v) is 3.92. The van der Waals surface area contributed by atoms with Crippen LogP contribution in [0.25, 0.3) is 0 Å². The molecule has 126 valence electrons. The minimum absolute atomic E-state index is 0.0431. The number of likely N-dealkylation sites (tertiary alicyclic amines) is 1. The Labute approximate surface area is 141 Å². The molecule has 0 spiro atoms. The Morgan fingerprint density at radius 3 is 2.71 bits per heavy atom. The van der Waals surface area contributed by atoms with Crippen molar-refractivity contribution >= 4 is 6.03 Å². The molecule has 0 unspecified atom stereocenters. The van der Waals surface area contributed by atoms with Gasteiger partial charge in [0.2, 0.25) is 0 Å². The molecule has 1 saturated heterocycles. The summed E-state index contributed by atoms with van der Waals surface area (Å²) >= 11 is 0. The molecule has 6 nitrogen and oxygen atoms in total. The van der Waals surface area contributed by atoms with E-state index in [1.807, 2.05) is 36.4 Å². The van der Waals surface area contributed by atoms with Gasteiger partial charge in [0, 0.05) is 12.7 Å². The Balaban J connectivity index is 1.34. The molecule has 24 heavy (non-hydrogen) atoms. The van der Waals surface area contributed by atoms with E-state index in [1.54, 1.807) is 24.4 Å². The first kappa shape index (κ1) is 16.1. The summed E-state index contributed by atoms with van der Waals surface area (Å²) in [6.07, 6.45) is 4.22. The minimum Gasteiger partial charge on any atom is -0.497 e. The summed E-state index contributed by atoms with van der Waals surface area (Å²) in [6.45, 7) is 1.81. The summed E-state index contributed by atoms with van der Waals surface area (Å²) < 4.78 is 10.9. The van der Waals surface area contributed by atoms with Crippen LogP contribution in [-0.4, -0.2) is 48.8 Å². The Morgan fingerprint density at radius 1 is 1.25 bits per heavy atom. The molecule has 0 radical (unpaired) electrons. The molecule has 1 aromatic heterocycles. The van der Waals surface area contributed by atoms with Gasteiger partial charge < -0.3 is 19.7 Å². The Hall–Kier alpha value is -2.76. The van der Waals surface area contributed by atoms with Crippen molar-refractivity contribution < 1.29 is 14.3 Å². The second-order valence-electron chi connectivity index (χ2n) is 5.66. The predicted molar refractivity (Wildman–Crippen MR) is 90.3 cm³/mol. The van der Waals surface area contributed by atoms with Crippen molar-refractivity contribution in [3.8, 4) is 11.5 Å². The number of carbonyl (C=O) groups is 1. The maximum Gasteiger partial charge on any atom is 0.317 e. The van der Waals surface area contributed by atoms with Gasteiger partial charge in [-0.05, 0) is 36.2 Å². The van der Waals surface area contributed by atoms with Gasteiger partial charge in [0.1, 0.15) is 17.6 Å². The first-order valence-corrected chi connectivity index (χ1v) is 7.97. The number of benzene rings is 1. The number of carbonyl (C=O) groups excluding carboxylic acids is 1. The molecule has 0 aliphatic carbocycles. The standard InChI is InChI=1S/C18H21N3O3/c1-23-15-6-4-14(5-7-15)8-10-20-18(22)21-12-17(13-21)24-16-3-2-9-19-11-16/h2-7,9,11,17H,8,10,12-13H2,1H3,(H,20,22). The fraction of sp³-hybridized carbons (Fsp3) is 0.333. The van der Waals surface area contributed by atoms with Crippen LogP contribution < -0.4 is 14.8 Å². The normalized spacial score (nSPS) is 14.0. The van der Waals surface area contributed by atoms with Crippen molar-refractivity contribution in [1.29, 1.82) is 0 Å². The number of pyridine rings is 1.